The van der Waals surface area contributed by atoms with Crippen LogP contribution in [0.25, 0.3) is 0 Å². The second kappa shape index (κ2) is 12.1. The maximum atomic E-state index is 13.6. The van der Waals surface area contributed by atoms with E-state index in [1.807, 2.05) is 12.1 Å². The Labute approximate surface area is 213 Å². The van der Waals surface area contributed by atoms with E-state index >= 15 is 0 Å². The molecule has 2 amide bonds. The Morgan fingerprint density at radius 2 is 1.50 bits per heavy atom. The number of hydrogen-bond acceptors (Lipinski definition) is 6. The lowest BCUT2D eigenvalue weighted by Crippen LogP contribution is -2.52. The monoisotopic (exact) mass is 517 g/mol. The van der Waals surface area contributed by atoms with Gasteiger partial charge in [0.1, 0.15) is 24.1 Å². The number of methoxy groups -OCH3 is 2. The third-order valence-corrected chi connectivity index (χ3v) is 7.56. The van der Waals surface area contributed by atoms with Crippen LogP contribution in [0.4, 0.5) is 5.69 Å². The molecule has 1 fully saturated rings. The highest BCUT2D eigenvalue weighted by atomic mass is 32.2. The summed E-state index contributed by atoms with van der Waals surface area (Å²) in [5.41, 5.74) is 1.12. The standard InChI is InChI=1S/C26H35N3O6S/c1-19(26(31)27-21-7-5-6-8-21)28(17-20-9-13-23(34-2)14-10-20)25(30)18-29(36(4,32)33)22-11-15-24(35-3)16-12-22/h9-16,19,21H,5-8,17-18H2,1-4H3,(H,27,31)/t19-/m1/s1. The average Bonchev–Trinajstić information content (AvgIpc) is 3.38. The van der Waals surface area contributed by atoms with E-state index in [2.05, 4.69) is 5.32 Å². The molecule has 0 heterocycles. The van der Waals surface area contributed by atoms with Crippen molar-refractivity contribution in [3.63, 3.8) is 0 Å². The van der Waals surface area contributed by atoms with Gasteiger partial charge in [-0.1, -0.05) is 25.0 Å². The van der Waals surface area contributed by atoms with Gasteiger partial charge >= 0.3 is 0 Å². The molecule has 1 N–H and O–H groups in total. The lowest BCUT2D eigenvalue weighted by Gasteiger charge is -2.32. The van der Waals surface area contributed by atoms with E-state index < -0.39 is 28.5 Å². The smallest absolute Gasteiger partial charge is 0.244 e. The summed E-state index contributed by atoms with van der Waals surface area (Å²) in [7, 11) is -0.700. The number of nitrogens with one attached hydrogen (secondary N) is 1. The number of rotatable bonds is 11. The zero-order chi connectivity index (χ0) is 26.3. The van der Waals surface area contributed by atoms with E-state index in [4.69, 9.17) is 9.47 Å². The molecule has 1 aliphatic carbocycles. The Balaban J connectivity index is 1.86. The molecule has 0 unspecified atom stereocenters. The molecule has 9 nitrogen and oxygen atoms in total. The Hall–Kier alpha value is -3.27. The molecule has 1 saturated carbocycles. The van der Waals surface area contributed by atoms with Crippen LogP contribution in [0, 0.1) is 0 Å². The summed E-state index contributed by atoms with van der Waals surface area (Å²) in [6, 6.07) is 12.9. The number of carbonyl (C=O) groups is 2. The zero-order valence-corrected chi connectivity index (χ0v) is 22.1. The summed E-state index contributed by atoms with van der Waals surface area (Å²) < 4.78 is 36.7. The molecule has 0 spiro atoms. The van der Waals surface area contributed by atoms with Crippen molar-refractivity contribution in [2.24, 2.45) is 0 Å². The fourth-order valence-corrected chi connectivity index (χ4v) is 5.11. The van der Waals surface area contributed by atoms with Crippen LogP contribution < -0.4 is 19.1 Å². The van der Waals surface area contributed by atoms with Gasteiger partial charge in [-0.25, -0.2) is 8.42 Å². The van der Waals surface area contributed by atoms with Gasteiger partial charge in [-0.15, -0.1) is 0 Å². The van der Waals surface area contributed by atoms with Gasteiger partial charge < -0.3 is 19.7 Å². The van der Waals surface area contributed by atoms with Crippen molar-refractivity contribution < 1.29 is 27.5 Å². The SMILES string of the molecule is COc1ccc(CN(C(=O)CN(c2ccc(OC)cc2)S(C)(=O)=O)[C@H](C)C(=O)NC2CCCC2)cc1. The fourth-order valence-electron chi connectivity index (χ4n) is 4.26. The minimum absolute atomic E-state index is 0.102. The molecule has 2 aromatic rings. The molecular weight excluding hydrogens is 482 g/mol. The van der Waals surface area contributed by atoms with Gasteiger partial charge in [-0.2, -0.15) is 0 Å². The molecule has 1 aliphatic rings. The largest absolute Gasteiger partial charge is 0.497 e. The van der Waals surface area contributed by atoms with E-state index in [0.717, 1.165) is 41.8 Å². The van der Waals surface area contributed by atoms with Crippen molar-refractivity contribution >= 4 is 27.5 Å². The van der Waals surface area contributed by atoms with E-state index in [9.17, 15) is 18.0 Å². The predicted molar refractivity (Wildman–Crippen MR) is 139 cm³/mol. The maximum absolute atomic E-state index is 13.6. The first kappa shape index (κ1) is 27.3. The van der Waals surface area contributed by atoms with E-state index in [1.165, 1.54) is 12.0 Å². The number of ether oxygens (including phenoxy) is 2. The minimum atomic E-state index is -3.78. The highest BCUT2D eigenvalue weighted by molar-refractivity contribution is 7.92. The topological polar surface area (TPSA) is 105 Å². The molecule has 36 heavy (non-hydrogen) atoms. The summed E-state index contributed by atoms with van der Waals surface area (Å²) in [6.45, 7) is 1.37. The molecule has 1 atom stereocenters. The van der Waals surface area contributed by atoms with Gasteiger partial charge in [-0.05, 0) is 61.7 Å². The number of carbonyl (C=O) groups excluding carboxylic acids is 2. The maximum Gasteiger partial charge on any atom is 0.244 e. The normalized spacial score (nSPS) is 14.7. The molecular formula is C26H35N3O6S. The van der Waals surface area contributed by atoms with Crippen molar-refractivity contribution in [2.75, 3.05) is 31.3 Å². The third-order valence-electron chi connectivity index (χ3n) is 6.42. The molecule has 2 aromatic carbocycles. The zero-order valence-electron chi connectivity index (χ0n) is 21.3. The quantitative estimate of drug-likeness (QED) is 0.491. The molecule has 0 saturated heterocycles. The second-order valence-electron chi connectivity index (χ2n) is 9.00. The minimum Gasteiger partial charge on any atom is -0.497 e. The van der Waals surface area contributed by atoms with Gasteiger partial charge in [0.25, 0.3) is 0 Å². The van der Waals surface area contributed by atoms with Gasteiger partial charge in [-0.3, -0.25) is 13.9 Å². The highest BCUT2D eigenvalue weighted by Crippen LogP contribution is 2.23. The number of anilines is 1. The predicted octanol–water partition coefficient (Wildman–Crippen LogP) is 2.95. The Morgan fingerprint density at radius 3 is 2.00 bits per heavy atom. The van der Waals surface area contributed by atoms with E-state index in [0.29, 0.717) is 17.2 Å². The molecule has 0 aromatic heterocycles. The molecule has 10 heteroatoms. The van der Waals surface area contributed by atoms with Crippen molar-refractivity contribution in [3.05, 3.63) is 54.1 Å². The molecule has 0 bridgehead atoms. The fraction of sp³-hybridized carbons (Fsp3) is 0.462. The number of hydrogen-bond donors (Lipinski definition) is 1. The van der Waals surface area contributed by atoms with E-state index in [-0.39, 0.29) is 18.5 Å². The molecule has 0 aliphatic heterocycles. The van der Waals surface area contributed by atoms with Crippen molar-refractivity contribution in [1.82, 2.24) is 10.2 Å². The Morgan fingerprint density at radius 1 is 0.972 bits per heavy atom. The number of benzene rings is 2. The van der Waals surface area contributed by atoms with Crippen molar-refractivity contribution in [3.8, 4) is 11.5 Å². The average molecular weight is 518 g/mol. The summed E-state index contributed by atoms with van der Waals surface area (Å²) in [4.78, 5) is 28.1. The van der Waals surface area contributed by atoms with Crippen molar-refractivity contribution in [2.45, 2.75) is 51.2 Å². The summed E-state index contributed by atoms with van der Waals surface area (Å²) in [5.74, 6) is 0.503. The highest BCUT2D eigenvalue weighted by Gasteiger charge is 2.31. The van der Waals surface area contributed by atoms with Crippen LogP contribution in [0.3, 0.4) is 0 Å². The Kier molecular flexibility index (Phi) is 9.19. The third kappa shape index (κ3) is 7.13. The van der Waals surface area contributed by atoms with E-state index in [1.54, 1.807) is 50.4 Å². The van der Waals surface area contributed by atoms with Crippen LogP contribution in [0.15, 0.2) is 48.5 Å². The summed E-state index contributed by atoms with van der Waals surface area (Å²) in [5, 5.41) is 3.05. The first-order valence-electron chi connectivity index (χ1n) is 12.0. The van der Waals surface area contributed by atoms with Gasteiger partial charge in [0.05, 0.1) is 26.2 Å². The Bertz CT molecular complexity index is 1130. The molecule has 0 radical (unpaired) electrons. The lowest BCUT2D eigenvalue weighted by atomic mass is 10.1. The number of amides is 2. The molecule has 3 rings (SSSR count). The number of nitrogens with zero attached hydrogens (tertiary/aromatic N) is 2. The second-order valence-corrected chi connectivity index (χ2v) is 10.9. The first-order chi connectivity index (χ1) is 17.1. The van der Waals surface area contributed by atoms with Crippen LogP contribution >= 0.6 is 0 Å². The van der Waals surface area contributed by atoms with Crippen LogP contribution in [0.1, 0.15) is 38.2 Å². The van der Waals surface area contributed by atoms with Crippen LogP contribution in [0.5, 0.6) is 11.5 Å². The summed E-state index contributed by atoms with van der Waals surface area (Å²) in [6.07, 6.45) is 5.03. The van der Waals surface area contributed by atoms with Gasteiger partial charge in [0, 0.05) is 12.6 Å². The number of sulfonamides is 1. The van der Waals surface area contributed by atoms with Gasteiger partial charge in [0.2, 0.25) is 21.8 Å². The van der Waals surface area contributed by atoms with Crippen LogP contribution in [-0.4, -0.2) is 64.2 Å². The lowest BCUT2D eigenvalue weighted by molar-refractivity contribution is -0.139. The first-order valence-corrected chi connectivity index (χ1v) is 13.8. The molecule has 196 valence electrons. The van der Waals surface area contributed by atoms with Crippen LogP contribution in [-0.2, 0) is 26.2 Å². The van der Waals surface area contributed by atoms with Crippen LogP contribution in [0.2, 0.25) is 0 Å². The van der Waals surface area contributed by atoms with Crippen molar-refractivity contribution in [1.29, 1.82) is 0 Å². The van der Waals surface area contributed by atoms with Gasteiger partial charge in [0.15, 0.2) is 0 Å². The summed E-state index contributed by atoms with van der Waals surface area (Å²) >= 11 is 0.